The molecular formula is C19H22FN5O. The summed E-state index contributed by atoms with van der Waals surface area (Å²) in [6.07, 6.45) is 3.96. The smallest absolute Gasteiger partial charge is 0.272 e. The Labute approximate surface area is 152 Å². The average Bonchev–Trinajstić information content (AvgIpc) is 3.23. The lowest BCUT2D eigenvalue weighted by molar-refractivity contribution is 0.0740. The van der Waals surface area contributed by atoms with Gasteiger partial charge in [-0.25, -0.2) is 14.4 Å². The van der Waals surface area contributed by atoms with Crippen molar-refractivity contribution in [2.45, 2.75) is 12.8 Å². The molecule has 6 nitrogen and oxygen atoms in total. The van der Waals surface area contributed by atoms with Crippen LogP contribution in [0, 0.1) is 5.82 Å². The van der Waals surface area contributed by atoms with Gasteiger partial charge in [-0.05, 0) is 43.2 Å². The maximum Gasteiger partial charge on any atom is 0.272 e. The highest BCUT2D eigenvalue weighted by molar-refractivity contribution is 5.92. The number of carbonyl (C=O) groups excluding carboxylic acids is 1. The summed E-state index contributed by atoms with van der Waals surface area (Å²) in [7, 11) is 0. The van der Waals surface area contributed by atoms with Crippen molar-refractivity contribution < 1.29 is 9.18 Å². The Morgan fingerprint density at radius 2 is 1.58 bits per heavy atom. The van der Waals surface area contributed by atoms with Crippen LogP contribution in [0.3, 0.4) is 0 Å². The van der Waals surface area contributed by atoms with Crippen LogP contribution in [-0.2, 0) is 0 Å². The predicted molar refractivity (Wildman–Crippen MR) is 98.0 cm³/mol. The summed E-state index contributed by atoms with van der Waals surface area (Å²) in [5.41, 5.74) is 1.44. The van der Waals surface area contributed by atoms with E-state index in [-0.39, 0.29) is 11.7 Å². The second-order valence-electron chi connectivity index (χ2n) is 6.69. The van der Waals surface area contributed by atoms with Crippen LogP contribution >= 0.6 is 0 Å². The first-order valence-electron chi connectivity index (χ1n) is 9.08. The van der Waals surface area contributed by atoms with Gasteiger partial charge >= 0.3 is 0 Å². The van der Waals surface area contributed by atoms with Crippen molar-refractivity contribution in [2.24, 2.45) is 0 Å². The second-order valence-corrected chi connectivity index (χ2v) is 6.69. The topological polar surface area (TPSA) is 52.6 Å². The minimum atomic E-state index is -0.236. The normalized spacial score (nSPS) is 17.7. The molecule has 0 spiro atoms. The van der Waals surface area contributed by atoms with Crippen LogP contribution in [0.25, 0.3) is 0 Å². The molecule has 1 aromatic carbocycles. The molecule has 2 saturated heterocycles. The number of piperazine rings is 1. The van der Waals surface area contributed by atoms with Gasteiger partial charge in [0.1, 0.15) is 11.5 Å². The summed E-state index contributed by atoms with van der Waals surface area (Å²) in [6.45, 7) is 4.60. The van der Waals surface area contributed by atoms with Crippen LogP contribution < -0.4 is 9.80 Å². The largest absolute Gasteiger partial charge is 0.368 e. The first-order chi connectivity index (χ1) is 12.7. The van der Waals surface area contributed by atoms with Gasteiger partial charge < -0.3 is 14.7 Å². The molecule has 1 amide bonds. The number of nitrogens with zero attached hydrogens (tertiary/aromatic N) is 5. The molecule has 26 heavy (non-hydrogen) atoms. The number of hydrogen-bond donors (Lipinski definition) is 0. The summed E-state index contributed by atoms with van der Waals surface area (Å²) >= 11 is 0. The summed E-state index contributed by atoms with van der Waals surface area (Å²) in [5.74, 6) is 0.366. The number of benzene rings is 1. The maximum absolute atomic E-state index is 13.1. The van der Waals surface area contributed by atoms with Crippen LogP contribution in [0.15, 0.2) is 36.5 Å². The van der Waals surface area contributed by atoms with E-state index in [4.69, 9.17) is 0 Å². The molecule has 2 aromatic rings. The third-order valence-corrected chi connectivity index (χ3v) is 5.01. The molecule has 2 aliphatic rings. The minimum Gasteiger partial charge on any atom is -0.368 e. The van der Waals surface area contributed by atoms with E-state index < -0.39 is 0 Å². The highest BCUT2D eigenvalue weighted by atomic mass is 19.1. The van der Waals surface area contributed by atoms with Gasteiger partial charge in [-0.1, -0.05) is 0 Å². The molecule has 0 aliphatic carbocycles. The Balaban J connectivity index is 1.40. The molecule has 2 aliphatic heterocycles. The van der Waals surface area contributed by atoms with Crippen molar-refractivity contribution in [3.63, 3.8) is 0 Å². The lowest BCUT2D eigenvalue weighted by Gasteiger charge is -2.36. The first-order valence-corrected chi connectivity index (χ1v) is 9.08. The van der Waals surface area contributed by atoms with Gasteiger partial charge in [-0.15, -0.1) is 0 Å². The van der Waals surface area contributed by atoms with Crippen LogP contribution in [0.4, 0.5) is 16.0 Å². The zero-order valence-corrected chi connectivity index (χ0v) is 14.6. The van der Waals surface area contributed by atoms with Crippen LogP contribution in [0.1, 0.15) is 23.3 Å². The monoisotopic (exact) mass is 355 g/mol. The van der Waals surface area contributed by atoms with E-state index in [0.717, 1.165) is 44.7 Å². The average molecular weight is 355 g/mol. The predicted octanol–water partition coefficient (Wildman–Crippen LogP) is 2.18. The Kier molecular flexibility index (Phi) is 4.69. The van der Waals surface area contributed by atoms with Gasteiger partial charge in [0.2, 0.25) is 5.95 Å². The molecule has 0 bridgehead atoms. The van der Waals surface area contributed by atoms with E-state index in [0.29, 0.717) is 24.7 Å². The lowest BCUT2D eigenvalue weighted by atomic mass is 10.2. The molecule has 3 heterocycles. The maximum atomic E-state index is 13.1. The molecule has 0 atom stereocenters. The Hall–Kier alpha value is -2.70. The first kappa shape index (κ1) is 16.8. The van der Waals surface area contributed by atoms with E-state index in [9.17, 15) is 9.18 Å². The minimum absolute atomic E-state index is 0.0494. The Bertz CT molecular complexity index is 768. The van der Waals surface area contributed by atoms with E-state index in [1.54, 1.807) is 24.4 Å². The van der Waals surface area contributed by atoms with Crippen LogP contribution in [-0.4, -0.2) is 60.0 Å². The molecule has 0 saturated carbocycles. The zero-order chi connectivity index (χ0) is 17.9. The number of aromatic nitrogens is 2. The third-order valence-electron chi connectivity index (χ3n) is 5.01. The summed E-state index contributed by atoms with van der Waals surface area (Å²) in [5, 5.41) is 0. The van der Waals surface area contributed by atoms with E-state index >= 15 is 0 Å². The lowest BCUT2D eigenvalue weighted by Crippen LogP contribution is -2.49. The van der Waals surface area contributed by atoms with Crippen LogP contribution in [0.2, 0.25) is 0 Å². The van der Waals surface area contributed by atoms with Gasteiger partial charge in [0, 0.05) is 51.2 Å². The molecule has 4 rings (SSSR count). The Morgan fingerprint density at radius 1 is 0.885 bits per heavy atom. The highest BCUT2D eigenvalue weighted by Crippen LogP contribution is 2.19. The number of halogens is 1. The van der Waals surface area contributed by atoms with Crippen molar-refractivity contribution in [3.8, 4) is 0 Å². The van der Waals surface area contributed by atoms with Crippen molar-refractivity contribution in [1.29, 1.82) is 0 Å². The number of anilines is 2. The van der Waals surface area contributed by atoms with Gasteiger partial charge in [0.15, 0.2) is 0 Å². The summed E-state index contributed by atoms with van der Waals surface area (Å²) < 4.78 is 13.1. The highest BCUT2D eigenvalue weighted by Gasteiger charge is 2.24. The zero-order valence-electron chi connectivity index (χ0n) is 14.6. The van der Waals surface area contributed by atoms with E-state index in [1.807, 2.05) is 4.90 Å². The van der Waals surface area contributed by atoms with Crippen molar-refractivity contribution in [2.75, 3.05) is 49.1 Å². The van der Waals surface area contributed by atoms with E-state index in [2.05, 4.69) is 19.8 Å². The van der Waals surface area contributed by atoms with Gasteiger partial charge in [0.25, 0.3) is 5.91 Å². The van der Waals surface area contributed by atoms with Gasteiger partial charge in [-0.3, -0.25) is 4.79 Å². The van der Waals surface area contributed by atoms with Crippen molar-refractivity contribution in [1.82, 2.24) is 14.9 Å². The molecule has 0 radical (unpaired) electrons. The van der Waals surface area contributed by atoms with E-state index in [1.165, 1.54) is 12.1 Å². The molecule has 0 N–H and O–H groups in total. The fraction of sp³-hybridized carbons (Fsp3) is 0.421. The fourth-order valence-corrected chi connectivity index (χ4v) is 3.52. The number of carbonyl (C=O) groups is 1. The Morgan fingerprint density at radius 3 is 2.27 bits per heavy atom. The van der Waals surface area contributed by atoms with Gasteiger partial charge in [0.05, 0.1) is 0 Å². The van der Waals surface area contributed by atoms with Crippen molar-refractivity contribution >= 4 is 17.5 Å². The molecule has 1 aromatic heterocycles. The standard InChI is InChI=1S/C19H22FN5O/c20-15-3-5-16(6-4-15)23-11-13-24(14-12-23)18(26)17-7-8-21-19(22-17)25-9-1-2-10-25/h3-8H,1-2,9-14H2. The SMILES string of the molecule is O=C(c1ccnc(N2CCCC2)n1)N1CCN(c2ccc(F)cc2)CC1. The third kappa shape index (κ3) is 3.47. The molecule has 0 unspecified atom stereocenters. The summed E-state index contributed by atoms with van der Waals surface area (Å²) in [4.78, 5) is 27.7. The molecule has 2 fully saturated rings. The molecular weight excluding hydrogens is 333 g/mol. The summed E-state index contributed by atoms with van der Waals surface area (Å²) in [6, 6.07) is 8.18. The number of rotatable bonds is 3. The van der Waals surface area contributed by atoms with Crippen molar-refractivity contribution in [3.05, 3.63) is 48.0 Å². The molecule has 136 valence electrons. The second kappa shape index (κ2) is 7.27. The number of hydrogen-bond acceptors (Lipinski definition) is 5. The number of amides is 1. The quantitative estimate of drug-likeness (QED) is 0.845. The fourth-order valence-electron chi connectivity index (χ4n) is 3.52. The van der Waals surface area contributed by atoms with Gasteiger partial charge in [-0.2, -0.15) is 0 Å². The molecule has 7 heteroatoms. The van der Waals surface area contributed by atoms with Crippen LogP contribution in [0.5, 0.6) is 0 Å².